The van der Waals surface area contributed by atoms with Gasteiger partial charge in [0.2, 0.25) is 0 Å². The molecule has 0 saturated carbocycles. The van der Waals surface area contributed by atoms with Crippen LogP contribution in [0.1, 0.15) is 28.9 Å². The lowest BCUT2D eigenvalue weighted by Crippen LogP contribution is -2.36. The van der Waals surface area contributed by atoms with Gasteiger partial charge in [-0.05, 0) is 63.2 Å². The number of methoxy groups -OCH3 is 1. The molecule has 0 unspecified atom stereocenters. The Hall–Kier alpha value is -1.26. The Balaban J connectivity index is 1.86. The summed E-state index contributed by atoms with van der Waals surface area (Å²) in [4.78, 5) is 18.9. The number of nitrogens with one attached hydrogen (secondary N) is 1. The zero-order valence-corrected chi connectivity index (χ0v) is 18.1. The lowest BCUT2D eigenvalue weighted by atomic mass is 10.0. The molecule has 8 heteroatoms. The smallest absolute Gasteiger partial charge is 0.355 e. The predicted octanol–water partition coefficient (Wildman–Crippen LogP) is 4.00. The first-order valence-electron chi connectivity index (χ1n) is 8.53. The Labute approximate surface area is 170 Å². The molecule has 2 aromatic heterocycles. The van der Waals surface area contributed by atoms with Gasteiger partial charge >= 0.3 is 5.97 Å². The van der Waals surface area contributed by atoms with Crippen LogP contribution in [0.3, 0.4) is 0 Å². The predicted molar refractivity (Wildman–Crippen MR) is 115 cm³/mol. The summed E-state index contributed by atoms with van der Waals surface area (Å²) in [5.41, 5.74) is 3.67. The summed E-state index contributed by atoms with van der Waals surface area (Å²) in [5, 5.41) is 3.57. The van der Waals surface area contributed by atoms with Gasteiger partial charge in [0.1, 0.15) is 11.5 Å². The first kappa shape index (κ1) is 19.5. The summed E-state index contributed by atoms with van der Waals surface area (Å²) in [7, 11) is 5.00. The van der Waals surface area contributed by atoms with E-state index in [0.717, 1.165) is 48.4 Å². The van der Waals surface area contributed by atoms with Crippen molar-refractivity contribution < 1.29 is 9.53 Å². The minimum absolute atomic E-state index is 0.336. The first-order valence-corrected chi connectivity index (χ1v) is 11.9. The molecule has 1 N–H and O–H groups in total. The maximum absolute atomic E-state index is 12.0. The number of carbonyl (C=O) groups excluding carboxylic acids is 1. The molecular weight excluding hydrogens is 463 g/mol. The Morgan fingerprint density at radius 3 is 2.77 bits per heavy atom. The van der Waals surface area contributed by atoms with Crippen LogP contribution < -0.4 is 5.32 Å². The van der Waals surface area contributed by atoms with Gasteiger partial charge in [-0.2, -0.15) is 0 Å². The maximum Gasteiger partial charge on any atom is 0.355 e. The minimum atomic E-state index is -0.336. The van der Waals surface area contributed by atoms with E-state index >= 15 is 0 Å². The second-order valence-electron chi connectivity index (χ2n) is 6.61. The number of halogens is 1. The molecule has 26 heavy (non-hydrogen) atoms. The highest BCUT2D eigenvalue weighted by Gasteiger charge is 2.19. The molecule has 0 atom stereocenters. The molecule has 0 radical (unpaired) electrons. The summed E-state index contributed by atoms with van der Waals surface area (Å²) in [6, 6.07) is 4.40. The summed E-state index contributed by atoms with van der Waals surface area (Å²) in [6.45, 7) is 4.25. The summed E-state index contributed by atoms with van der Waals surface area (Å²) in [6.07, 6.45) is 6.09. The molecular formula is C18H23IN4O2S. The van der Waals surface area contributed by atoms with Gasteiger partial charge in [-0.15, -0.1) is 0 Å². The van der Waals surface area contributed by atoms with Crippen LogP contribution in [-0.4, -0.2) is 53.1 Å². The lowest BCUT2D eigenvalue weighted by Gasteiger charge is -2.29. The van der Waals surface area contributed by atoms with Crippen LogP contribution in [0.15, 0.2) is 24.5 Å². The van der Waals surface area contributed by atoms with E-state index in [1.165, 1.54) is 16.2 Å². The van der Waals surface area contributed by atoms with Crippen molar-refractivity contribution in [2.75, 3.05) is 32.6 Å². The molecule has 0 aliphatic carbocycles. The Bertz CT molecular complexity index is 787. The molecule has 140 valence electrons. The molecule has 0 bridgehead atoms. The second-order valence-corrected chi connectivity index (χ2v) is 8.32. The number of likely N-dealkylation sites (tertiary alicyclic amines) is 1. The number of pyridine rings is 1. The van der Waals surface area contributed by atoms with Gasteiger partial charge in [-0.3, -0.25) is 3.97 Å². The monoisotopic (exact) mass is 486 g/mol. The van der Waals surface area contributed by atoms with Crippen LogP contribution in [0, 0.1) is 6.92 Å². The third kappa shape index (κ3) is 4.34. The van der Waals surface area contributed by atoms with Crippen molar-refractivity contribution in [1.29, 1.82) is 0 Å². The molecule has 6 nitrogen and oxygen atoms in total. The van der Waals surface area contributed by atoms with Crippen molar-refractivity contribution >= 4 is 42.1 Å². The number of nitrogens with zero attached hydrogens (tertiary/aromatic N) is 3. The van der Waals surface area contributed by atoms with E-state index < -0.39 is 0 Å². The number of esters is 1. The number of aryl methyl sites for hydroxylation is 1. The Morgan fingerprint density at radius 2 is 2.12 bits per heavy atom. The number of carbonyl (C=O) groups is 1. The fraction of sp³-hybridized carbons (Fsp3) is 0.444. The van der Waals surface area contributed by atoms with E-state index in [2.05, 4.69) is 49.5 Å². The van der Waals surface area contributed by atoms with Gasteiger partial charge in [0.05, 0.1) is 7.11 Å². The molecule has 0 spiro atoms. The van der Waals surface area contributed by atoms with E-state index in [9.17, 15) is 4.79 Å². The van der Waals surface area contributed by atoms with Gasteiger partial charge in [-0.1, -0.05) is 0 Å². The molecule has 3 rings (SSSR count). The van der Waals surface area contributed by atoms with E-state index in [0.29, 0.717) is 11.7 Å². The van der Waals surface area contributed by atoms with Crippen LogP contribution >= 0.6 is 30.3 Å². The normalized spacial score (nSPS) is 15.8. The van der Waals surface area contributed by atoms with Gasteiger partial charge in [-0.25, -0.2) is 9.78 Å². The number of hydrogen-bond acceptors (Lipinski definition) is 6. The highest BCUT2D eigenvalue weighted by atomic mass is 127. The zero-order chi connectivity index (χ0) is 18.7. The highest BCUT2D eigenvalue weighted by Crippen LogP contribution is 2.31. The number of rotatable bonds is 5. The van der Waals surface area contributed by atoms with Crippen molar-refractivity contribution in [1.82, 2.24) is 13.9 Å². The lowest BCUT2D eigenvalue weighted by molar-refractivity contribution is 0.0593. The number of hydrogen-bond donors (Lipinski definition) is 1. The molecule has 2 aromatic rings. The van der Waals surface area contributed by atoms with Crippen molar-refractivity contribution in [2.45, 2.75) is 25.8 Å². The largest absolute Gasteiger partial charge is 0.464 e. The third-order valence-corrected chi connectivity index (χ3v) is 6.46. The van der Waals surface area contributed by atoms with Crippen LogP contribution in [0.25, 0.3) is 11.1 Å². The molecule has 1 aliphatic rings. The van der Waals surface area contributed by atoms with Gasteiger partial charge in [0.15, 0.2) is 0 Å². The maximum atomic E-state index is 12.0. The average Bonchev–Trinajstić information content (AvgIpc) is 3.08. The van der Waals surface area contributed by atoms with E-state index in [-0.39, 0.29) is 5.97 Å². The van der Waals surface area contributed by atoms with Crippen molar-refractivity contribution in [3.8, 4) is 11.1 Å². The van der Waals surface area contributed by atoms with Crippen LogP contribution in [0.2, 0.25) is 0 Å². The number of ether oxygens (including phenoxy) is 1. The van der Waals surface area contributed by atoms with Crippen molar-refractivity contribution in [3.05, 3.63) is 35.8 Å². The SMILES string of the molecule is COC(=O)c1cc(-c2cc(NC3CCN(C)CC3)ncc2C)cn1SI. The van der Waals surface area contributed by atoms with Crippen LogP contribution in [0.4, 0.5) is 5.82 Å². The van der Waals surface area contributed by atoms with E-state index in [1.807, 2.05) is 29.4 Å². The quantitative estimate of drug-likeness (QED) is 0.510. The van der Waals surface area contributed by atoms with Crippen LogP contribution in [-0.2, 0) is 4.74 Å². The molecule has 1 aliphatic heterocycles. The molecule has 1 saturated heterocycles. The fourth-order valence-electron chi connectivity index (χ4n) is 3.18. The zero-order valence-electron chi connectivity index (χ0n) is 15.2. The van der Waals surface area contributed by atoms with Crippen LogP contribution in [0.5, 0.6) is 0 Å². The number of piperidine rings is 1. The second kappa shape index (κ2) is 8.62. The standard InChI is InChI=1S/C18H23IN4O2S/c1-12-10-20-17(21-14-4-6-22(2)7-5-14)9-15(12)13-8-16(18(24)25-3)23(11-13)26-19/h8-11,14H,4-7H2,1-3H3,(H,20,21). The first-order chi connectivity index (χ1) is 12.5. The van der Waals surface area contributed by atoms with E-state index in [4.69, 9.17) is 4.74 Å². The summed E-state index contributed by atoms with van der Waals surface area (Å²) in [5.74, 6) is 0.548. The number of aromatic nitrogens is 2. The fourth-order valence-corrected chi connectivity index (χ4v) is 4.51. The molecule has 0 aromatic carbocycles. The molecule has 1 fully saturated rings. The number of anilines is 1. The van der Waals surface area contributed by atoms with Gasteiger partial charge < -0.3 is 15.0 Å². The molecule has 0 amide bonds. The Kier molecular flexibility index (Phi) is 6.46. The molecule has 3 heterocycles. The summed E-state index contributed by atoms with van der Waals surface area (Å²) < 4.78 is 6.71. The highest BCUT2D eigenvalue weighted by molar-refractivity contribution is 14.2. The van der Waals surface area contributed by atoms with Crippen molar-refractivity contribution in [3.63, 3.8) is 0 Å². The summed E-state index contributed by atoms with van der Waals surface area (Å²) >= 11 is 2.16. The van der Waals surface area contributed by atoms with Gasteiger partial charge in [0, 0.05) is 54.3 Å². The van der Waals surface area contributed by atoms with Crippen molar-refractivity contribution in [2.24, 2.45) is 0 Å². The average molecular weight is 486 g/mol. The topological polar surface area (TPSA) is 59.4 Å². The van der Waals surface area contributed by atoms with Gasteiger partial charge in [0.25, 0.3) is 0 Å². The minimum Gasteiger partial charge on any atom is -0.464 e. The third-order valence-electron chi connectivity index (χ3n) is 4.74. The Morgan fingerprint density at radius 1 is 1.38 bits per heavy atom. The van der Waals surface area contributed by atoms with E-state index in [1.54, 1.807) is 0 Å².